The molecule has 90 valence electrons. The van der Waals surface area contributed by atoms with Crippen molar-refractivity contribution in [2.75, 3.05) is 31.3 Å². The van der Waals surface area contributed by atoms with Gasteiger partial charge in [-0.15, -0.1) is 0 Å². The van der Waals surface area contributed by atoms with Crippen molar-refractivity contribution in [1.29, 1.82) is 0 Å². The highest BCUT2D eigenvalue weighted by Gasteiger charge is 2.06. The number of anilines is 2. The zero-order valence-corrected chi connectivity index (χ0v) is 10.5. The molecule has 1 aromatic carbocycles. The van der Waals surface area contributed by atoms with Crippen molar-refractivity contribution in [2.24, 2.45) is 0 Å². The lowest BCUT2D eigenvalue weighted by Gasteiger charge is -2.21. The molecule has 0 bridgehead atoms. The predicted molar refractivity (Wildman–Crippen MR) is 70.2 cm³/mol. The quantitative estimate of drug-likeness (QED) is 0.594. The van der Waals surface area contributed by atoms with Gasteiger partial charge >= 0.3 is 0 Å². The van der Waals surface area contributed by atoms with E-state index in [4.69, 9.17) is 10.5 Å². The van der Waals surface area contributed by atoms with Gasteiger partial charge in [-0.1, -0.05) is 19.8 Å². The van der Waals surface area contributed by atoms with Crippen molar-refractivity contribution in [3.63, 3.8) is 0 Å². The molecule has 2 N–H and O–H groups in total. The summed E-state index contributed by atoms with van der Waals surface area (Å²) in [6, 6.07) is 5.77. The fourth-order valence-corrected chi connectivity index (χ4v) is 1.70. The summed E-state index contributed by atoms with van der Waals surface area (Å²) in [5.74, 6) is 0.853. The highest BCUT2D eigenvalue weighted by molar-refractivity contribution is 5.69. The monoisotopic (exact) mass is 222 g/mol. The van der Waals surface area contributed by atoms with Gasteiger partial charge < -0.3 is 15.4 Å². The number of hydrogen-bond donors (Lipinski definition) is 1. The van der Waals surface area contributed by atoms with Crippen LogP contribution in [-0.2, 0) is 0 Å². The van der Waals surface area contributed by atoms with Crippen molar-refractivity contribution in [2.45, 2.75) is 26.2 Å². The largest absolute Gasteiger partial charge is 0.497 e. The Kier molecular flexibility index (Phi) is 4.96. The fourth-order valence-electron chi connectivity index (χ4n) is 1.70. The fraction of sp³-hybridized carbons (Fsp3) is 0.538. The van der Waals surface area contributed by atoms with Crippen molar-refractivity contribution in [3.05, 3.63) is 18.2 Å². The Morgan fingerprint density at radius 3 is 2.69 bits per heavy atom. The minimum Gasteiger partial charge on any atom is -0.497 e. The smallest absolute Gasteiger partial charge is 0.121 e. The first-order chi connectivity index (χ1) is 7.69. The van der Waals surface area contributed by atoms with Crippen LogP contribution in [-0.4, -0.2) is 20.7 Å². The molecule has 3 nitrogen and oxygen atoms in total. The third-order valence-electron chi connectivity index (χ3n) is 2.75. The van der Waals surface area contributed by atoms with Gasteiger partial charge in [0.15, 0.2) is 0 Å². The third kappa shape index (κ3) is 3.33. The van der Waals surface area contributed by atoms with Crippen LogP contribution in [0.25, 0.3) is 0 Å². The molecular formula is C13H22N2O. The van der Waals surface area contributed by atoms with Crippen molar-refractivity contribution < 1.29 is 4.74 Å². The highest BCUT2D eigenvalue weighted by atomic mass is 16.5. The molecule has 0 spiro atoms. The minimum absolute atomic E-state index is 0.805. The van der Waals surface area contributed by atoms with E-state index in [0.717, 1.165) is 23.7 Å². The Bertz CT molecular complexity index is 326. The molecular weight excluding hydrogens is 200 g/mol. The molecule has 0 saturated heterocycles. The van der Waals surface area contributed by atoms with Crippen LogP contribution >= 0.6 is 0 Å². The van der Waals surface area contributed by atoms with Crippen LogP contribution in [0.3, 0.4) is 0 Å². The number of nitrogen functional groups attached to an aromatic ring is 1. The topological polar surface area (TPSA) is 38.5 Å². The molecule has 0 saturated carbocycles. The molecule has 0 aliphatic rings. The Balaban J connectivity index is 2.69. The number of nitrogens with two attached hydrogens (primary N) is 1. The SMILES string of the molecule is CCCCCN(C)c1cc(OC)ccc1N. The summed E-state index contributed by atoms with van der Waals surface area (Å²) in [7, 11) is 3.74. The summed E-state index contributed by atoms with van der Waals surface area (Å²) in [5, 5.41) is 0. The van der Waals surface area contributed by atoms with E-state index in [-0.39, 0.29) is 0 Å². The molecule has 0 aromatic heterocycles. The van der Waals surface area contributed by atoms with Gasteiger partial charge in [0.2, 0.25) is 0 Å². The average molecular weight is 222 g/mol. The van der Waals surface area contributed by atoms with Crippen molar-refractivity contribution in [1.82, 2.24) is 0 Å². The van der Waals surface area contributed by atoms with Gasteiger partial charge in [-0.25, -0.2) is 0 Å². The van der Waals surface area contributed by atoms with Gasteiger partial charge in [0.25, 0.3) is 0 Å². The maximum atomic E-state index is 5.95. The first-order valence-electron chi connectivity index (χ1n) is 5.83. The number of rotatable bonds is 6. The lowest BCUT2D eigenvalue weighted by atomic mass is 10.2. The van der Waals surface area contributed by atoms with Crippen LogP contribution in [0.15, 0.2) is 18.2 Å². The summed E-state index contributed by atoms with van der Waals surface area (Å²) in [5.41, 5.74) is 7.81. The van der Waals surface area contributed by atoms with Gasteiger partial charge in [-0.2, -0.15) is 0 Å². The first kappa shape index (κ1) is 12.7. The zero-order valence-electron chi connectivity index (χ0n) is 10.5. The van der Waals surface area contributed by atoms with Crippen LogP contribution < -0.4 is 15.4 Å². The third-order valence-corrected chi connectivity index (χ3v) is 2.75. The number of benzene rings is 1. The number of unbranched alkanes of at least 4 members (excludes halogenated alkanes) is 2. The van der Waals surface area contributed by atoms with E-state index >= 15 is 0 Å². The summed E-state index contributed by atoms with van der Waals surface area (Å²) >= 11 is 0. The van der Waals surface area contributed by atoms with Gasteiger partial charge in [0.1, 0.15) is 5.75 Å². The molecule has 1 aromatic rings. The molecule has 0 unspecified atom stereocenters. The van der Waals surface area contributed by atoms with E-state index < -0.39 is 0 Å². The lowest BCUT2D eigenvalue weighted by Crippen LogP contribution is -2.19. The molecule has 0 fully saturated rings. The molecule has 0 radical (unpaired) electrons. The van der Waals surface area contributed by atoms with Gasteiger partial charge in [0.05, 0.1) is 18.5 Å². The Labute approximate surface area is 98.2 Å². The second-order valence-corrected chi connectivity index (χ2v) is 4.05. The Morgan fingerprint density at radius 2 is 2.06 bits per heavy atom. The summed E-state index contributed by atoms with van der Waals surface area (Å²) < 4.78 is 5.20. The van der Waals surface area contributed by atoms with Crippen molar-refractivity contribution in [3.8, 4) is 5.75 Å². The van der Waals surface area contributed by atoms with E-state index in [1.807, 2.05) is 18.2 Å². The van der Waals surface area contributed by atoms with Gasteiger partial charge in [0, 0.05) is 19.7 Å². The molecule has 3 heteroatoms. The highest BCUT2D eigenvalue weighted by Crippen LogP contribution is 2.27. The molecule has 1 rings (SSSR count). The second-order valence-electron chi connectivity index (χ2n) is 4.05. The van der Waals surface area contributed by atoms with Crippen LogP contribution in [0.2, 0.25) is 0 Å². The number of ether oxygens (including phenoxy) is 1. The molecule has 0 aliphatic carbocycles. The van der Waals surface area contributed by atoms with Crippen LogP contribution in [0.5, 0.6) is 5.75 Å². The molecule has 16 heavy (non-hydrogen) atoms. The molecule has 0 atom stereocenters. The van der Waals surface area contributed by atoms with E-state index in [2.05, 4.69) is 18.9 Å². The summed E-state index contributed by atoms with van der Waals surface area (Å²) in [6.07, 6.45) is 3.69. The average Bonchev–Trinajstić information content (AvgIpc) is 2.30. The lowest BCUT2D eigenvalue weighted by molar-refractivity contribution is 0.415. The van der Waals surface area contributed by atoms with Gasteiger partial charge in [-0.05, 0) is 18.6 Å². The second kappa shape index (κ2) is 6.26. The number of methoxy groups -OCH3 is 1. The Hall–Kier alpha value is -1.38. The number of nitrogens with zero attached hydrogens (tertiary/aromatic N) is 1. The van der Waals surface area contributed by atoms with Gasteiger partial charge in [-0.3, -0.25) is 0 Å². The van der Waals surface area contributed by atoms with E-state index in [1.54, 1.807) is 7.11 Å². The normalized spacial score (nSPS) is 10.2. The number of hydrogen-bond acceptors (Lipinski definition) is 3. The molecule has 0 aliphatic heterocycles. The Morgan fingerprint density at radius 1 is 1.31 bits per heavy atom. The van der Waals surface area contributed by atoms with E-state index in [0.29, 0.717) is 0 Å². The molecule has 0 heterocycles. The minimum atomic E-state index is 0.805. The molecule has 0 amide bonds. The standard InChI is InChI=1S/C13H22N2O/c1-4-5-6-9-15(2)13-10-11(16-3)7-8-12(13)14/h7-8,10H,4-6,9,14H2,1-3H3. The van der Waals surface area contributed by atoms with Crippen LogP contribution in [0.4, 0.5) is 11.4 Å². The maximum absolute atomic E-state index is 5.95. The maximum Gasteiger partial charge on any atom is 0.121 e. The van der Waals surface area contributed by atoms with Crippen LogP contribution in [0, 0.1) is 0 Å². The zero-order chi connectivity index (χ0) is 12.0. The predicted octanol–water partition coefficient (Wildman–Crippen LogP) is 2.90. The van der Waals surface area contributed by atoms with Crippen molar-refractivity contribution >= 4 is 11.4 Å². The summed E-state index contributed by atoms with van der Waals surface area (Å²) in [4.78, 5) is 2.19. The van der Waals surface area contributed by atoms with E-state index in [1.165, 1.54) is 19.3 Å². The van der Waals surface area contributed by atoms with Crippen LogP contribution in [0.1, 0.15) is 26.2 Å². The summed E-state index contributed by atoms with van der Waals surface area (Å²) in [6.45, 7) is 3.24. The van der Waals surface area contributed by atoms with E-state index in [9.17, 15) is 0 Å². The first-order valence-corrected chi connectivity index (χ1v) is 5.83.